The van der Waals surface area contributed by atoms with Gasteiger partial charge in [-0.2, -0.15) is 0 Å². The van der Waals surface area contributed by atoms with Gasteiger partial charge in [0.05, 0.1) is 11.6 Å². The Labute approximate surface area is 201 Å². The van der Waals surface area contributed by atoms with Gasteiger partial charge in [-0.1, -0.05) is 24.9 Å². The third-order valence-corrected chi connectivity index (χ3v) is 7.79. The highest BCUT2D eigenvalue weighted by Gasteiger charge is 2.39. The molecule has 2 fully saturated rings. The van der Waals surface area contributed by atoms with Crippen LogP contribution in [-0.4, -0.2) is 49.2 Å². The molecule has 0 saturated carbocycles. The number of unbranched alkanes of at least 4 members (excludes halogenated alkanes) is 1. The van der Waals surface area contributed by atoms with Crippen LogP contribution in [0.3, 0.4) is 0 Å². The molecule has 2 bridgehead atoms. The van der Waals surface area contributed by atoms with Crippen LogP contribution in [0.4, 0.5) is 5.69 Å². The van der Waals surface area contributed by atoms with Crippen LogP contribution >= 0.6 is 11.6 Å². The van der Waals surface area contributed by atoms with E-state index < -0.39 is 0 Å². The monoisotopic (exact) mass is 468 g/mol. The van der Waals surface area contributed by atoms with Gasteiger partial charge in [-0.15, -0.1) is 0 Å². The van der Waals surface area contributed by atoms with Crippen molar-refractivity contribution in [1.29, 1.82) is 0 Å². The van der Waals surface area contributed by atoms with Crippen LogP contribution in [0.5, 0.6) is 11.5 Å². The lowest BCUT2D eigenvalue weighted by Crippen LogP contribution is -2.43. The van der Waals surface area contributed by atoms with Gasteiger partial charge in [0.1, 0.15) is 17.6 Å². The molecule has 176 valence electrons. The van der Waals surface area contributed by atoms with Crippen molar-refractivity contribution in [2.45, 2.75) is 70.1 Å². The summed E-state index contributed by atoms with van der Waals surface area (Å²) in [6, 6.07) is 12.8. The molecule has 33 heavy (non-hydrogen) atoms. The van der Waals surface area contributed by atoms with Gasteiger partial charge in [-0.05, 0) is 87.5 Å². The second-order valence-electron chi connectivity index (χ2n) is 9.60. The number of fused-ring (bicyclic) bond motifs is 3. The zero-order valence-electron chi connectivity index (χ0n) is 19.6. The van der Waals surface area contributed by atoms with Gasteiger partial charge >= 0.3 is 0 Å². The molecule has 1 amide bonds. The Morgan fingerprint density at radius 2 is 1.88 bits per heavy atom. The van der Waals surface area contributed by atoms with E-state index in [1.54, 1.807) is 0 Å². The molecule has 5 nitrogen and oxygen atoms in total. The Balaban J connectivity index is 1.26. The van der Waals surface area contributed by atoms with Crippen molar-refractivity contribution in [2.75, 3.05) is 25.1 Å². The average Bonchev–Trinajstić information content (AvgIpc) is 3.01. The maximum Gasteiger partial charge on any atom is 0.258 e. The Morgan fingerprint density at radius 1 is 1.09 bits per heavy atom. The molecule has 0 aromatic heterocycles. The summed E-state index contributed by atoms with van der Waals surface area (Å²) in [6.07, 6.45) is 7.76. The average molecular weight is 469 g/mol. The summed E-state index contributed by atoms with van der Waals surface area (Å²) >= 11 is 6.62. The second kappa shape index (κ2) is 9.55. The van der Waals surface area contributed by atoms with Crippen LogP contribution in [0.25, 0.3) is 0 Å². The van der Waals surface area contributed by atoms with Crippen molar-refractivity contribution in [3.05, 3.63) is 52.5 Å². The van der Waals surface area contributed by atoms with Gasteiger partial charge < -0.3 is 19.3 Å². The summed E-state index contributed by atoms with van der Waals surface area (Å²) in [4.78, 5) is 17.5. The summed E-state index contributed by atoms with van der Waals surface area (Å²) in [5.41, 5.74) is 2.60. The number of rotatable bonds is 7. The largest absolute Gasteiger partial charge is 0.494 e. The van der Waals surface area contributed by atoms with Gasteiger partial charge in [0.15, 0.2) is 0 Å². The zero-order chi connectivity index (χ0) is 22.9. The number of carbonyl (C=O) groups is 1. The first-order chi connectivity index (χ1) is 16.0. The van der Waals surface area contributed by atoms with Crippen molar-refractivity contribution in [3.63, 3.8) is 0 Å². The van der Waals surface area contributed by atoms with E-state index in [1.807, 2.05) is 41.3 Å². The molecule has 6 heteroatoms. The summed E-state index contributed by atoms with van der Waals surface area (Å²) in [5, 5.41) is 0.567. The minimum atomic E-state index is 0.00739. The molecular weight excluding hydrogens is 436 g/mol. The standard InChI is InChI=1S/C27H33ClN2O3/c1-3-4-13-32-22-8-9-24-18(14-22)11-12-30(27(24)31)21-7-10-26(25(28)17-21)33-23-15-19-5-6-20(16-23)29(19)2/h7-10,14,17,19-20,23H,3-6,11-13,15-16H2,1-2H3/t19-,20+,23+. The summed E-state index contributed by atoms with van der Waals surface area (Å²) in [7, 11) is 2.23. The van der Waals surface area contributed by atoms with Crippen LogP contribution in [-0.2, 0) is 6.42 Å². The van der Waals surface area contributed by atoms with Gasteiger partial charge in [-0.3, -0.25) is 4.79 Å². The first kappa shape index (κ1) is 22.5. The zero-order valence-corrected chi connectivity index (χ0v) is 20.3. The molecule has 2 aromatic carbocycles. The van der Waals surface area contributed by atoms with Crippen molar-refractivity contribution in [3.8, 4) is 11.5 Å². The van der Waals surface area contributed by atoms with E-state index in [2.05, 4.69) is 18.9 Å². The number of halogens is 1. The molecule has 0 spiro atoms. The van der Waals surface area contributed by atoms with Crippen molar-refractivity contribution in [2.24, 2.45) is 0 Å². The lowest BCUT2D eigenvalue weighted by molar-refractivity contribution is 0.0662. The first-order valence-electron chi connectivity index (χ1n) is 12.3. The minimum Gasteiger partial charge on any atom is -0.494 e. The second-order valence-corrected chi connectivity index (χ2v) is 10.0. The first-order valence-corrected chi connectivity index (χ1v) is 12.7. The molecule has 0 unspecified atom stereocenters. The molecule has 2 saturated heterocycles. The SMILES string of the molecule is CCCCOc1ccc2c(c1)CCN(c1ccc(O[C@H]3C[C@H]4CC[C@@H](C3)N4C)c(Cl)c1)C2=O. The van der Waals surface area contributed by atoms with Crippen LogP contribution in [0, 0.1) is 0 Å². The van der Waals surface area contributed by atoms with Crippen LogP contribution in [0.1, 0.15) is 61.4 Å². The van der Waals surface area contributed by atoms with E-state index in [4.69, 9.17) is 21.1 Å². The highest BCUT2D eigenvalue weighted by molar-refractivity contribution is 6.32. The van der Waals surface area contributed by atoms with Crippen LogP contribution < -0.4 is 14.4 Å². The van der Waals surface area contributed by atoms with Gasteiger partial charge in [-0.25, -0.2) is 0 Å². The summed E-state index contributed by atoms with van der Waals surface area (Å²) in [5.74, 6) is 1.57. The number of piperidine rings is 1. The lowest BCUT2D eigenvalue weighted by atomic mass is 9.98. The Morgan fingerprint density at radius 3 is 2.61 bits per heavy atom. The number of amides is 1. The maximum absolute atomic E-state index is 13.2. The third-order valence-electron chi connectivity index (χ3n) is 7.50. The predicted octanol–water partition coefficient (Wildman–Crippen LogP) is 5.73. The fraction of sp³-hybridized carbons (Fsp3) is 0.519. The molecule has 3 aliphatic heterocycles. The highest BCUT2D eigenvalue weighted by Crippen LogP contribution is 2.38. The molecule has 5 rings (SSSR count). The number of benzene rings is 2. The molecule has 0 radical (unpaired) electrons. The van der Waals surface area contributed by atoms with Crippen molar-refractivity contribution in [1.82, 2.24) is 4.90 Å². The Kier molecular flexibility index (Phi) is 6.53. The van der Waals surface area contributed by atoms with E-state index in [1.165, 1.54) is 12.8 Å². The Hall–Kier alpha value is -2.24. The van der Waals surface area contributed by atoms with E-state index in [-0.39, 0.29) is 12.0 Å². The maximum atomic E-state index is 13.2. The number of anilines is 1. The fourth-order valence-corrected chi connectivity index (χ4v) is 5.75. The third kappa shape index (κ3) is 4.58. The molecule has 3 aliphatic rings. The molecular formula is C27H33ClN2O3. The topological polar surface area (TPSA) is 42.0 Å². The molecule has 3 heterocycles. The molecule has 0 N–H and O–H groups in total. The lowest BCUT2D eigenvalue weighted by Gasteiger charge is -2.36. The molecule has 2 aromatic rings. The van der Waals surface area contributed by atoms with Crippen molar-refractivity contribution < 1.29 is 14.3 Å². The Bertz CT molecular complexity index is 1010. The van der Waals surface area contributed by atoms with Crippen molar-refractivity contribution >= 4 is 23.2 Å². The summed E-state index contributed by atoms with van der Waals surface area (Å²) in [6.45, 7) is 3.48. The minimum absolute atomic E-state index is 0.00739. The highest BCUT2D eigenvalue weighted by atomic mass is 35.5. The number of carbonyl (C=O) groups excluding carboxylic acids is 1. The summed E-state index contributed by atoms with van der Waals surface area (Å²) < 4.78 is 12.1. The van der Waals surface area contributed by atoms with E-state index >= 15 is 0 Å². The van der Waals surface area contributed by atoms with Gasteiger partial charge in [0.2, 0.25) is 0 Å². The van der Waals surface area contributed by atoms with E-state index in [9.17, 15) is 4.79 Å². The van der Waals surface area contributed by atoms with Crippen LogP contribution in [0.15, 0.2) is 36.4 Å². The predicted molar refractivity (Wildman–Crippen MR) is 132 cm³/mol. The quantitative estimate of drug-likeness (QED) is 0.487. The fourth-order valence-electron chi connectivity index (χ4n) is 5.53. The van der Waals surface area contributed by atoms with E-state index in [0.717, 1.165) is 54.7 Å². The smallest absolute Gasteiger partial charge is 0.258 e. The van der Waals surface area contributed by atoms with Gasteiger partial charge in [0.25, 0.3) is 5.91 Å². The normalized spacial score (nSPS) is 24.6. The number of nitrogens with zero attached hydrogens (tertiary/aromatic N) is 2. The number of hydrogen-bond donors (Lipinski definition) is 0. The molecule has 3 atom stereocenters. The molecule has 0 aliphatic carbocycles. The number of hydrogen-bond acceptors (Lipinski definition) is 4. The van der Waals surface area contributed by atoms with Crippen LogP contribution in [0.2, 0.25) is 5.02 Å². The van der Waals surface area contributed by atoms with Gasteiger partial charge in [0, 0.05) is 29.9 Å². The van der Waals surface area contributed by atoms with E-state index in [0.29, 0.717) is 36.0 Å². The number of ether oxygens (including phenoxy) is 2.